The molecule has 0 spiro atoms. The average Bonchev–Trinajstić information content (AvgIpc) is 2.42. The zero-order valence-electron chi connectivity index (χ0n) is 12.1. The first-order valence-corrected chi connectivity index (χ1v) is 7.48. The van der Waals surface area contributed by atoms with E-state index >= 15 is 0 Å². The van der Waals surface area contributed by atoms with Gasteiger partial charge in [-0.05, 0) is 24.8 Å². The zero-order valence-corrected chi connectivity index (χ0v) is 12.9. The maximum atomic E-state index is 5.87. The quantitative estimate of drug-likeness (QED) is 0.566. The van der Waals surface area contributed by atoms with Crippen LogP contribution in [0.2, 0.25) is 0 Å². The van der Waals surface area contributed by atoms with Gasteiger partial charge >= 0.3 is 0 Å². The first kappa shape index (κ1) is 15.8. The fourth-order valence-corrected chi connectivity index (χ4v) is 2.36. The number of unbranched alkanes of at least 4 members (excludes halogenated alkanes) is 2. The Hall–Kier alpha value is -1.23. The molecule has 0 aromatic carbocycles. The average molecular weight is 280 g/mol. The van der Waals surface area contributed by atoms with Gasteiger partial charge in [0.15, 0.2) is 5.82 Å². The first-order valence-electron chi connectivity index (χ1n) is 7.07. The van der Waals surface area contributed by atoms with E-state index in [4.69, 9.17) is 18.0 Å². The molecule has 0 atom stereocenters. The Kier molecular flexibility index (Phi) is 6.70. The Morgan fingerprint density at radius 1 is 1.16 bits per heavy atom. The van der Waals surface area contributed by atoms with E-state index in [1.807, 2.05) is 0 Å². The van der Waals surface area contributed by atoms with Crippen LogP contribution >= 0.6 is 12.2 Å². The Bertz CT molecular complexity index is 432. The number of hydrogen-bond donors (Lipinski definition) is 2. The summed E-state index contributed by atoms with van der Waals surface area (Å²) in [5, 5.41) is 11.8. The zero-order chi connectivity index (χ0) is 14.3. The highest BCUT2D eigenvalue weighted by molar-refractivity contribution is 7.80. The van der Waals surface area contributed by atoms with Crippen LogP contribution in [0.1, 0.15) is 56.9 Å². The Balaban J connectivity index is 3.00. The standard InChI is InChI=1S/C14H24N4S/c1-4-7-8-9-16-14-12(13(15)19)10(5-2)11(6-3)17-18-14/h4-9H2,1-3H3,(H2,15,19)(H,16,18). The van der Waals surface area contributed by atoms with Gasteiger partial charge in [-0.3, -0.25) is 0 Å². The fraction of sp³-hybridized carbons (Fsp3) is 0.643. The van der Waals surface area contributed by atoms with Crippen LogP contribution in [-0.2, 0) is 12.8 Å². The number of rotatable bonds is 8. The molecule has 1 aromatic heterocycles. The van der Waals surface area contributed by atoms with Crippen LogP contribution in [-0.4, -0.2) is 21.7 Å². The van der Waals surface area contributed by atoms with E-state index in [2.05, 4.69) is 36.3 Å². The number of nitrogens with one attached hydrogen (secondary N) is 1. The summed E-state index contributed by atoms with van der Waals surface area (Å²) in [5.41, 5.74) is 8.86. The third-order valence-corrected chi connectivity index (χ3v) is 3.37. The van der Waals surface area contributed by atoms with Crippen molar-refractivity contribution in [3.63, 3.8) is 0 Å². The van der Waals surface area contributed by atoms with Crippen LogP contribution < -0.4 is 11.1 Å². The number of nitrogens with zero attached hydrogens (tertiary/aromatic N) is 2. The predicted octanol–water partition coefficient (Wildman–Crippen LogP) is 2.84. The molecule has 106 valence electrons. The molecule has 0 bridgehead atoms. The fourth-order valence-electron chi connectivity index (χ4n) is 2.14. The lowest BCUT2D eigenvalue weighted by molar-refractivity contribution is 0.739. The topological polar surface area (TPSA) is 63.8 Å². The number of nitrogens with two attached hydrogens (primary N) is 1. The summed E-state index contributed by atoms with van der Waals surface area (Å²) in [6.45, 7) is 7.23. The van der Waals surface area contributed by atoms with E-state index in [9.17, 15) is 0 Å². The Morgan fingerprint density at radius 3 is 2.42 bits per heavy atom. The van der Waals surface area contributed by atoms with Crippen LogP contribution in [0.5, 0.6) is 0 Å². The summed E-state index contributed by atoms with van der Waals surface area (Å²) < 4.78 is 0. The lowest BCUT2D eigenvalue weighted by Crippen LogP contribution is -2.20. The van der Waals surface area contributed by atoms with Gasteiger partial charge < -0.3 is 11.1 Å². The van der Waals surface area contributed by atoms with Crippen molar-refractivity contribution in [3.05, 3.63) is 16.8 Å². The van der Waals surface area contributed by atoms with Crippen molar-refractivity contribution in [2.24, 2.45) is 5.73 Å². The van der Waals surface area contributed by atoms with Gasteiger partial charge in [-0.1, -0.05) is 45.8 Å². The van der Waals surface area contributed by atoms with Gasteiger partial charge in [0.1, 0.15) is 4.99 Å². The number of anilines is 1. The van der Waals surface area contributed by atoms with E-state index in [0.29, 0.717) is 4.99 Å². The lowest BCUT2D eigenvalue weighted by Gasteiger charge is -2.15. The van der Waals surface area contributed by atoms with Gasteiger partial charge in [-0.25, -0.2) is 0 Å². The van der Waals surface area contributed by atoms with Crippen LogP contribution in [0.25, 0.3) is 0 Å². The second-order valence-electron chi connectivity index (χ2n) is 4.55. The smallest absolute Gasteiger partial charge is 0.159 e. The van der Waals surface area contributed by atoms with Gasteiger partial charge in [0.05, 0.1) is 11.3 Å². The Labute approximate surface area is 121 Å². The molecule has 0 amide bonds. The highest BCUT2D eigenvalue weighted by Crippen LogP contribution is 2.21. The molecule has 0 saturated carbocycles. The van der Waals surface area contributed by atoms with Crippen LogP contribution in [0.3, 0.4) is 0 Å². The summed E-state index contributed by atoms with van der Waals surface area (Å²) in [7, 11) is 0. The highest BCUT2D eigenvalue weighted by atomic mass is 32.1. The molecule has 0 fully saturated rings. The molecule has 3 N–H and O–H groups in total. The predicted molar refractivity (Wildman–Crippen MR) is 84.7 cm³/mol. The molecule has 0 aliphatic rings. The molecule has 0 aliphatic heterocycles. The maximum Gasteiger partial charge on any atom is 0.159 e. The molecule has 0 radical (unpaired) electrons. The minimum atomic E-state index is 0.402. The second-order valence-corrected chi connectivity index (χ2v) is 4.99. The normalized spacial score (nSPS) is 10.5. The second kappa shape index (κ2) is 8.04. The third-order valence-electron chi connectivity index (χ3n) is 3.17. The van der Waals surface area contributed by atoms with Crippen LogP contribution in [0, 0.1) is 0 Å². The third kappa shape index (κ3) is 4.13. The molecule has 0 aliphatic carbocycles. The summed E-state index contributed by atoms with van der Waals surface area (Å²) in [6, 6.07) is 0. The van der Waals surface area contributed by atoms with Crippen molar-refractivity contribution in [1.29, 1.82) is 0 Å². The van der Waals surface area contributed by atoms with Gasteiger partial charge in [-0.15, -0.1) is 5.10 Å². The van der Waals surface area contributed by atoms with Crippen molar-refractivity contribution in [2.75, 3.05) is 11.9 Å². The van der Waals surface area contributed by atoms with Gasteiger partial charge in [-0.2, -0.15) is 5.10 Å². The minimum Gasteiger partial charge on any atom is -0.389 e. The van der Waals surface area contributed by atoms with Crippen molar-refractivity contribution in [3.8, 4) is 0 Å². The summed E-state index contributed by atoms with van der Waals surface area (Å²) in [4.78, 5) is 0.402. The molecule has 1 heterocycles. The van der Waals surface area contributed by atoms with Crippen LogP contribution in [0.4, 0.5) is 5.82 Å². The number of aryl methyl sites for hydroxylation is 1. The Morgan fingerprint density at radius 2 is 1.89 bits per heavy atom. The number of hydrogen-bond acceptors (Lipinski definition) is 4. The molecular weight excluding hydrogens is 256 g/mol. The minimum absolute atomic E-state index is 0.402. The van der Waals surface area contributed by atoms with Crippen molar-refractivity contribution >= 4 is 23.0 Å². The van der Waals surface area contributed by atoms with E-state index in [1.165, 1.54) is 12.8 Å². The van der Waals surface area contributed by atoms with Crippen molar-refractivity contribution < 1.29 is 0 Å². The molecule has 0 unspecified atom stereocenters. The summed E-state index contributed by atoms with van der Waals surface area (Å²) in [5.74, 6) is 0.734. The van der Waals surface area contributed by atoms with Crippen molar-refractivity contribution in [1.82, 2.24) is 10.2 Å². The molecule has 5 heteroatoms. The van der Waals surface area contributed by atoms with Gasteiger partial charge in [0.25, 0.3) is 0 Å². The molecule has 19 heavy (non-hydrogen) atoms. The molecular formula is C14H24N4S. The molecule has 0 saturated heterocycles. The lowest BCUT2D eigenvalue weighted by atomic mass is 10.0. The summed E-state index contributed by atoms with van der Waals surface area (Å²) in [6.07, 6.45) is 5.24. The largest absolute Gasteiger partial charge is 0.389 e. The van der Waals surface area contributed by atoms with Gasteiger partial charge in [0.2, 0.25) is 0 Å². The molecule has 1 aromatic rings. The SMILES string of the molecule is CCCCCNc1nnc(CC)c(CC)c1C(N)=S. The molecule has 4 nitrogen and oxygen atoms in total. The number of aromatic nitrogens is 2. The van der Waals surface area contributed by atoms with E-state index in [-0.39, 0.29) is 0 Å². The van der Waals surface area contributed by atoms with E-state index < -0.39 is 0 Å². The maximum absolute atomic E-state index is 5.87. The molecule has 1 rings (SSSR count). The highest BCUT2D eigenvalue weighted by Gasteiger charge is 2.16. The van der Waals surface area contributed by atoms with Crippen LogP contribution in [0.15, 0.2) is 0 Å². The van der Waals surface area contributed by atoms with Gasteiger partial charge in [0, 0.05) is 6.54 Å². The van der Waals surface area contributed by atoms with E-state index in [1.54, 1.807) is 0 Å². The first-order chi connectivity index (χ1) is 9.15. The monoisotopic (exact) mass is 280 g/mol. The summed E-state index contributed by atoms with van der Waals surface area (Å²) >= 11 is 5.18. The number of thiocarbonyl (C=S) groups is 1. The van der Waals surface area contributed by atoms with E-state index in [0.717, 1.165) is 48.4 Å². The van der Waals surface area contributed by atoms with Crippen molar-refractivity contribution in [2.45, 2.75) is 52.9 Å².